The second-order valence-electron chi connectivity index (χ2n) is 6.55. The van der Waals surface area contributed by atoms with Crippen LogP contribution in [0.4, 0.5) is 0 Å². The molecule has 0 atom stereocenters. The number of piperidine rings is 1. The number of sulfonamides is 1. The van der Waals surface area contributed by atoms with Crippen molar-refractivity contribution in [1.29, 1.82) is 0 Å². The zero-order valence-electron chi connectivity index (χ0n) is 14.2. The average Bonchev–Trinajstić information content (AvgIpc) is 2.63. The first kappa shape index (κ1) is 18.6. The van der Waals surface area contributed by atoms with E-state index in [1.165, 1.54) is 16.8 Å². The summed E-state index contributed by atoms with van der Waals surface area (Å²) >= 11 is 6.04. The van der Waals surface area contributed by atoms with Crippen molar-refractivity contribution in [2.45, 2.75) is 24.2 Å². The van der Waals surface area contributed by atoms with Gasteiger partial charge in [-0.15, -0.1) is 0 Å². The minimum absolute atomic E-state index is 0.0942. The Kier molecular flexibility index (Phi) is 5.99. The van der Waals surface area contributed by atoms with Gasteiger partial charge in [0.1, 0.15) is 4.90 Å². The number of nitrogens with zero attached hydrogens (tertiary/aromatic N) is 3. The van der Waals surface area contributed by atoms with E-state index in [1.54, 1.807) is 23.1 Å². The number of hydrogen-bond donors (Lipinski definition) is 0. The van der Waals surface area contributed by atoms with Crippen LogP contribution >= 0.6 is 11.6 Å². The summed E-state index contributed by atoms with van der Waals surface area (Å²) in [5, 5.41) is 0.228. The van der Waals surface area contributed by atoms with Crippen molar-refractivity contribution in [3.05, 3.63) is 29.3 Å². The number of piperazine rings is 1. The molecule has 8 heteroatoms. The molecule has 2 fully saturated rings. The third-order valence-electron chi connectivity index (χ3n) is 4.85. The summed E-state index contributed by atoms with van der Waals surface area (Å²) in [5.41, 5.74) is 0. The van der Waals surface area contributed by atoms with E-state index in [-0.39, 0.29) is 15.8 Å². The maximum Gasteiger partial charge on any atom is 0.244 e. The van der Waals surface area contributed by atoms with Gasteiger partial charge < -0.3 is 4.90 Å². The number of rotatable bonds is 4. The van der Waals surface area contributed by atoms with Crippen LogP contribution in [0.15, 0.2) is 29.2 Å². The number of benzene rings is 1. The van der Waals surface area contributed by atoms with Gasteiger partial charge in [-0.25, -0.2) is 8.42 Å². The van der Waals surface area contributed by atoms with Gasteiger partial charge in [0.25, 0.3) is 0 Å². The second kappa shape index (κ2) is 8.03. The van der Waals surface area contributed by atoms with Crippen LogP contribution in [0.3, 0.4) is 0 Å². The minimum atomic E-state index is -3.62. The van der Waals surface area contributed by atoms with Gasteiger partial charge in [-0.2, -0.15) is 4.31 Å². The fourth-order valence-corrected chi connectivity index (χ4v) is 5.30. The Morgan fingerprint density at radius 1 is 0.960 bits per heavy atom. The quantitative estimate of drug-likeness (QED) is 0.790. The predicted molar refractivity (Wildman–Crippen MR) is 97.1 cm³/mol. The lowest BCUT2D eigenvalue weighted by Gasteiger charge is -2.35. The van der Waals surface area contributed by atoms with Gasteiger partial charge in [-0.05, 0) is 38.1 Å². The summed E-state index contributed by atoms with van der Waals surface area (Å²) in [7, 11) is -3.62. The molecule has 0 spiro atoms. The Balaban J connectivity index is 1.58. The molecule has 0 saturated carbocycles. The van der Waals surface area contributed by atoms with Gasteiger partial charge in [0.05, 0.1) is 11.6 Å². The first-order valence-electron chi connectivity index (χ1n) is 8.73. The van der Waals surface area contributed by atoms with Gasteiger partial charge in [-0.1, -0.05) is 30.2 Å². The van der Waals surface area contributed by atoms with Gasteiger partial charge in [0, 0.05) is 26.2 Å². The van der Waals surface area contributed by atoms with Crippen molar-refractivity contribution in [3.63, 3.8) is 0 Å². The van der Waals surface area contributed by atoms with Crippen molar-refractivity contribution >= 4 is 27.5 Å². The van der Waals surface area contributed by atoms with E-state index >= 15 is 0 Å². The summed E-state index contributed by atoms with van der Waals surface area (Å²) in [6, 6.07) is 6.47. The molecule has 2 heterocycles. The number of carbonyl (C=O) groups excluding carboxylic acids is 1. The van der Waals surface area contributed by atoms with E-state index < -0.39 is 10.0 Å². The van der Waals surface area contributed by atoms with Crippen molar-refractivity contribution in [2.24, 2.45) is 0 Å². The Labute approximate surface area is 154 Å². The molecule has 0 unspecified atom stereocenters. The van der Waals surface area contributed by atoms with E-state index in [0.29, 0.717) is 32.7 Å². The number of halogens is 1. The van der Waals surface area contributed by atoms with Crippen LogP contribution in [0.5, 0.6) is 0 Å². The molecule has 2 aliphatic heterocycles. The average molecular weight is 386 g/mol. The monoisotopic (exact) mass is 385 g/mol. The Morgan fingerprint density at radius 3 is 2.24 bits per heavy atom. The lowest BCUT2D eigenvalue weighted by atomic mass is 10.1. The Morgan fingerprint density at radius 2 is 1.60 bits per heavy atom. The molecule has 0 N–H and O–H groups in total. The Hall–Kier alpha value is -1.15. The normalized spacial score (nSPS) is 20.6. The summed E-state index contributed by atoms with van der Waals surface area (Å²) in [6.45, 7) is 3.86. The van der Waals surface area contributed by atoms with Crippen molar-refractivity contribution in [3.8, 4) is 0 Å². The molecule has 3 rings (SSSR count). The fourth-order valence-electron chi connectivity index (χ4n) is 3.38. The van der Waals surface area contributed by atoms with E-state index in [2.05, 4.69) is 4.90 Å². The second-order valence-corrected chi connectivity index (χ2v) is 8.87. The number of amides is 1. The first-order chi connectivity index (χ1) is 12.0. The minimum Gasteiger partial charge on any atom is -0.339 e. The van der Waals surface area contributed by atoms with Gasteiger partial charge >= 0.3 is 0 Å². The number of carbonyl (C=O) groups is 1. The highest BCUT2D eigenvalue weighted by atomic mass is 35.5. The lowest BCUT2D eigenvalue weighted by Crippen LogP contribution is -2.52. The number of hydrogen-bond acceptors (Lipinski definition) is 4. The zero-order valence-corrected chi connectivity index (χ0v) is 15.8. The van der Waals surface area contributed by atoms with Crippen LogP contribution in [0.1, 0.15) is 19.3 Å². The van der Waals surface area contributed by atoms with E-state index in [4.69, 9.17) is 11.6 Å². The Bertz CT molecular complexity index is 712. The third kappa shape index (κ3) is 4.34. The topological polar surface area (TPSA) is 60.9 Å². The van der Waals surface area contributed by atoms with Crippen molar-refractivity contribution in [1.82, 2.24) is 14.1 Å². The summed E-state index contributed by atoms with van der Waals surface area (Å²) in [5.74, 6) is 0.0942. The molecular weight excluding hydrogens is 362 g/mol. The molecule has 0 aliphatic carbocycles. The largest absolute Gasteiger partial charge is 0.339 e. The molecular formula is C17H24ClN3O3S. The maximum absolute atomic E-state index is 12.7. The first-order valence-corrected chi connectivity index (χ1v) is 10.5. The van der Waals surface area contributed by atoms with Crippen LogP contribution in [-0.2, 0) is 14.8 Å². The van der Waals surface area contributed by atoms with Crippen LogP contribution in [0, 0.1) is 0 Å². The smallest absolute Gasteiger partial charge is 0.244 e. The SMILES string of the molecule is O=C(CN1CCCCC1)N1CCN(S(=O)(=O)c2ccccc2Cl)CC1. The molecule has 138 valence electrons. The molecule has 1 aromatic rings. The molecule has 2 saturated heterocycles. The van der Waals surface area contributed by atoms with Gasteiger partial charge in [0.2, 0.25) is 15.9 Å². The highest BCUT2D eigenvalue weighted by molar-refractivity contribution is 7.89. The van der Waals surface area contributed by atoms with E-state index in [9.17, 15) is 13.2 Å². The fraction of sp³-hybridized carbons (Fsp3) is 0.588. The van der Waals surface area contributed by atoms with E-state index in [1.807, 2.05) is 0 Å². The molecule has 25 heavy (non-hydrogen) atoms. The standard InChI is InChI=1S/C17H24ClN3O3S/c18-15-6-2-3-7-16(15)25(23,24)21-12-10-20(11-13-21)17(22)14-19-8-4-1-5-9-19/h2-3,6-7H,1,4-5,8-14H2. The highest BCUT2D eigenvalue weighted by Gasteiger charge is 2.31. The molecule has 0 aromatic heterocycles. The molecule has 1 amide bonds. The summed E-state index contributed by atoms with van der Waals surface area (Å²) < 4.78 is 26.9. The van der Waals surface area contributed by atoms with Crippen LogP contribution < -0.4 is 0 Å². The van der Waals surface area contributed by atoms with Crippen molar-refractivity contribution < 1.29 is 13.2 Å². The summed E-state index contributed by atoms with van der Waals surface area (Å²) in [6.07, 6.45) is 3.54. The molecule has 0 bridgehead atoms. The lowest BCUT2D eigenvalue weighted by molar-refractivity contribution is -0.133. The van der Waals surface area contributed by atoms with Crippen molar-refractivity contribution in [2.75, 3.05) is 45.8 Å². The van der Waals surface area contributed by atoms with Crippen LogP contribution in [0.25, 0.3) is 0 Å². The molecule has 2 aliphatic rings. The van der Waals surface area contributed by atoms with Gasteiger partial charge in [-0.3, -0.25) is 9.69 Å². The molecule has 1 aromatic carbocycles. The maximum atomic E-state index is 12.7. The van der Waals surface area contributed by atoms with Gasteiger partial charge in [0.15, 0.2) is 0 Å². The van der Waals surface area contributed by atoms with E-state index in [0.717, 1.165) is 25.9 Å². The van der Waals surface area contributed by atoms with Crippen LogP contribution in [-0.4, -0.2) is 74.2 Å². The number of likely N-dealkylation sites (tertiary alicyclic amines) is 1. The predicted octanol–water partition coefficient (Wildman–Crippen LogP) is 1.66. The van der Waals surface area contributed by atoms with Crippen LogP contribution in [0.2, 0.25) is 5.02 Å². The molecule has 6 nitrogen and oxygen atoms in total. The highest BCUT2D eigenvalue weighted by Crippen LogP contribution is 2.25. The summed E-state index contributed by atoms with van der Waals surface area (Å²) in [4.78, 5) is 16.5. The molecule has 0 radical (unpaired) electrons. The zero-order chi connectivity index (χ0) is 17.9. The third-order valence-corrected chi connectivity index (χ3v) is 7.25.